The van der Waals surface area contributed by atoms with Crippen LogP contribution in [0.2, 0.25) is 0 Å². The van der Waals surface area contributed by atoms with E-state index in [2.05, 4.69) is 9.72 Å². The number of nitrogens with zero attached hydrogens (tertiary/aromatic N) is 1. The highest BCUT2D eigenvalue weighted by Gasteiger charge is 2.36. The largest absolute Gasteiger partial charge is 0.464 e. The third kappa shape index (κ3) is 1.92. The van der Waals surface area contributed by atoms with E-state index in [1.54, 1.807) is 13.1 Å². The van der Waals surface area contributed by atoms with E-state index < -0.39 is 18.1 Å². The number of fused-ring (bicyclic) bond motifs is 1. The number of halogens is 1. The fourth-order valence-electron chi connectivity index (χ4n) is 2.11. The summed E-state index contributed by atoms with van der Waals surface area (Å²) in [4.78, 5) is 15.5. The zero-order chi connectivity index (χ0) is 11.5. The van der Waals surface area contributed by atoms with Crippen LogP contribution in [0, 0.1) is 0 Å². The van der Waals surface area contributed by atoms with Gasteiger partial charge in [-0.3, -0.25) is 4.98 Å². The molecule has 86 valence electrons. The van der Waals surface area contributed by atoms with Crippen LogP contribution in [0.5, 0.6) is 0 Å². The second kappa shape index (κ2) is 4.60. The number of esters is 1. The van der Waals surface area contributed by atoms with E-state index in [9.17, 15) is 9.18 Å². The maximum atomic E-state index is 13.9. The number of pyridine rings is 1. The van der Waals surface area contributed by atoms with Gasteiger partial charge >= 0.3 is 5.97 Å². The highest BCUT2D eigenvalue weighted by molar-refractivity contribution is 5.76. The molecule has 1 aliphatic rings. The number of aromatic nitrogens is 1. The van der Waals surface area contributed by atoms with Crippen LogP contribution >= 0.6 is 0 Å². The van der Waals surface area contributed by atoms with Gasteiger partial charge in [0.2, 0.25) is 6.17 Å². The topological polar surface area (TPSA) is 39.2 Å². The lowest BCUT2D eigenvalue weighted by Crippen LogP contribution is -2.25. The van der Waals surface area contributed by atoms with Crippen molar-refractivity contribution in [1.29, 1.82) is 0 Å². The Morgan fingerprint density at radius 3 is 3.31 bits per heavy atom. The van der Waals surface area contributed by atoms with Gasteiger partial charge in [0.1, 0.15) is 0 Å². The molecule has 2 atom stereocenters. The Hall–Kier alpha value is -1.45. The summed E-state index contributed by atoms with van der Waals surface area (Å²) in [5.74, 6) is -1.21. The van der Waals surface area contributed by atoms with Crippen molar-refractivity contribution in [3.05, 3.63) is 29.6 Å². The average Bonchev–Trinajstić information content (AvgIpc) is 2.72. The summed E-state index contributed by atoms with van der Waals surface area (Å²) < 4.78 is 18.5. The summed E-state index contributed by atoms with van der Waals surface area (Å²) in [6.07, 6.45) is 1.46. The Bertz CT molecular complexity index is 394. The van der Waals surface area contributed by atoms with E-state index in [4.69, 9.17) is 0 Å². The fourth-order valence-corrected chi connectivity index (χ4v) is 2.11. The average molecular weight is 223 g/mol. The Kier molecular flexibility index (Phi) is 3.17. The van der Waals surface area contributed by atoms with Crippen LogP contribution in [-0.4, -0.2) is 23.7 Å². The molecule has 1 aromatic rings. The molecule has 1 heterocycles. The quantitative estimate of drug-likeness (QED) is 0.736. The molecule has 0 bridgehead atoms. The lowest BCUT2D eigenvalue weighted by atomic mass is 10.0. The summed E-state index contributed by atoms with van der Waals surface area (Å²) in [6, 6.07) is 3.76. The molecule has 0 saturated carbocycles. The first kappa shape index (κ1) is 11.0. The van der Waals surface area contributed by atoms with Crippen molar-refractivity contribution in [1.82, 2.24) is 4.98 Å². The number of carbonyl (C=O) groups is 1. The van der Waals surface area contributed by atoms with Crippen LogP contribution in [0.4, 0.5) is 4.39 Å². The standard InChI is InChI=1S/C12H14FNO2/c1-2-16-12(15)10(13)9-6-5-8-4-3-7-14-11(8)9/h3-4,7,9-10H,2,5-6H2,1H3. The van der Waals surface area contributed by atoms with Crippen molar-refractivity contribution in [3.63, 3.8) is 0 Å². The van der Waals surface area contributed by atoms with Crippen molar-refractivity contribution in [2.45, 2.75) is 31.9 Å². The van der Waals surface area contributed by atoms with E-state index in [1.807, 2.05) is 12.1 Å². The first-order valence-electron chi connectivity index (χ1n) is 5.48. The summed E-state index contributed by atoms with van der Waals surface area (Å²) in [7, 11) is 0. The number of alkyl halides is 1. The summed E-state index contributed by atoms with van der Waals surface area (Å²) in [6.45, 7) is 1.88. The minimum Gasteiger partial charge on any atom is -0.464 e. The summed E-state index contributed by atoms with van der Waals surface area (Å²) in [5, 5.41) is 0. The molecular weight excluding hydrogens is 209 g/mol. The summed E-state index contributed by atoms with van der Waals surface area (Å²) >= 11 is 0. The maximum absolute atomic E-state index is 13.9. The number of ether oxygens (including phenoxy) is 1. The number of hydrogen-bond acceptors (Lipinski definition) is 3. The first-order valence-corrected chi connectivity index (χ1v) is 5.48. The van der Waals surface area contributed by atoms with Gasteiger partial charge in [-0.2, -0.15) is 0 Å². The van der Waals surface area contributed by atoms with E-state index in [0.717, 1.165) is 12.0 Å². The molecule has 2 rings (SSSR count). The molecule has 0 radical (unpaired) electrons. The molecule has 0 amide bonds. The minimum atomic E-state index is -1.59. The molecule has 0 N–H and O–H groups in total. The second-order valence-electron chi connectivity index (χ2n) is 3.85. The SMILES string of the molecule is CCOC(=O)C(F)C1CCc2cccnc21. The van der Waals surface area contributed by atoms with Crippen LogP contribution in [0.1, 0.15) is 30.5 Å². The molecule has 0 fully saturated rings. The van der Waals surface area contributed by atoms with Crippen LogP contribution in [-0.2, 0) is 16.0 Å². The summed E-state index contributed by atoms with van der Waals surface area (Å²) in [5.41, 5.74) is 1.75. The van der Waals surface area contributed by atoms with Crippen LogP contribution in [0.15, 0.2) is 18.3 Å². The molecule has 0 aromatic carbocycles. The number of hydrogen-bond donors (Lipinski definition) is 0. The fraction of sp³-hybridized carbons (Fsp3) is 0.500. The normalized spacial score (nSPS) is 20.2. The second-order valence-corrected chi connectivity index (χ2v) is 3.85. The smallest absolute Gasteiger partial charge is 0.341 e. The molecule has 16 heavy (non-hydrogen) atoms. The Morgan fingerprint density at radius 2 is 2.56 bits per heavy atom. The van der Waals surface area contributed by atoms with Crippen molar-refractivity contribution in [2.24, 2.45) is 0 Å². The van der Waals surface area contributed by atoms with Gasteiger partial charge in [-0.1, -0.05) is 6.07 Å². The van der Waals surface area contributed by atoms with Crippen LogP contribution < -0.4 is 0 Å². The highest BCUT2D eigenvalue weighted by Crippen LogP contribution is 2.35. The lowest BCUT2D eigenvalue weighted by Gasteiger charge is -2.14. The van der Waals surface area contributed by atoms with Gasteiger partial charge in [-0.15, -0.1) is 0 Å². The van der Waals surface area contributed by atoms with Crippen molar-refractivity contribution in [2.75, 3.05) is 6.61 Å². The van der Waals surface area contributed by atoms with E-state index in [1.165, 1.54) is 0 Å². The molecule has 3 nitrogen and oxygen atoms in total. The Balaban J connectivity index is 2.15. The monoisotopic (exact) mass is 223 g/mol. The number of carbonyl (C=O) groups excluding carboxylic acids is 1. The van der Waals surface area contributed by atoms with E-state index in [-0.39, 0.29) is 6.61 Å². The maximum Gasteiger partial charge on any atom is 0.341 e. The first-order chi connectivity index (χ1) is 7.74. The lowest BCUT2D eigenvalue weighted by molar-refractivity contribution is -0.150. The molecule has 1 aliphatic carbocycles. The van der Waals surface area contributed by atoms with Gasteiger partial charge in [-0.25, -0.2) is 9.18 Å². The molecule has 0 spiro atoms. The van der Waals surface area contributed by atoms with Gasteiger partial charge in [0.25, 0.3) is 0 Å². The predicted molar refractivity (Wildman–Crippen MR) is 56.8 cm³/mol. The third-order valence-electron chi connectivity index (χ3n) is 2.87. The molecular formula is C12H14FNO2. The number of rotatable bonds is 3. The third-order valence-corrected chi connectivity index (χ3v) is 2.87. The van der Waals surface area contributed by atoms with Crippen LogP contribution in [0.25, 0.3) is 0 Å². The zero-order valence-electron chi connectivity index (χ0n) is 9.15. The van der Waals surface area contributed by atoms with Gasteiger partial charge in [-0.05, 0) is 31.4 Å². The molecule has 2 unspecified atom stereocenters. The van der Waals surface area contributed by atoms with E-state index in [0.29, 0.717) is 12.1 Å². The van der Waals surface area contributed by atoms with Crippen LogP contribution in [0.3, 0.4) is 0 Å². The van der Waals surface area contributed by atoms with Crippen molar-refractivity contribution < 1.29 is 13.9 Å². The van der Waals surface area contributed by atoms with Gasteiger partial charge in [0.05, 0.1) is 12.3 Å². The predicted octanol–water partition coefficient (Wildman–Crippen LogP) is 2.01. The highest BCUT2D eigenvalue weighted by atomic mass is 19.1. The van der Waals surface area contributed by atoms with E-state index >= 15 is 0 Å². The minimum absolute atomic E-state index is 0.209. The molecule has 0 aliphatic heterocycles. The molecule has 1 aromatic heterocycles. The Morgan fingerprint density at radius 1 is 1.75 bits per heavy atom. The Labute approximate surface area is 93.6 Å². The van der Waals surface area contributed by atoms with Crippen molar-refractivity contribution in [3.8, 4) is 0 Å². The number of aryl methyl sites for hydroxylation is 1. The van der Waals surface area contributed by atoms with Crippen molar-refractivity contribution >= 4 is 5.97 Å². The molecule has 0 saturated heterocycles. The molecule has 4 heteroatoms. The van der Waals surface area contributed by atoms with Gasteiger partial charge in [0, 0.05) is 12.1 Å². The zero-order valence-corrected chi connectivity index (χ0v) is 9.15. The van der Waals surface area contributed by atoms with Gasteiger partial charge < -0.3 is 4.74 Å². The van der Waals surface area contributed by atoms with Gasteiger partial charge in [0.15, 0.2) is 0 Å².